The summed E-state index contributed by atoms with van der Waals surface area (Å²) in [6.07, 6.45) is 0.348. The molecule has 0 spiro atoms. The molecule has 0 aliphatic carbocycles. The second-order valence-electron chi connectivity index (χ2n) is 9.04. The quantitative estimate of drug-likeness (QED) is 0.374. The molecule has 0 bridgehead atoms. The first-order chi connectivity index (χ1) is 15.0. The lowest BCUT2D eigenvalue weighted by atomic mass is 9.89. The van der Waals surface area contributed by atoms with Crippen LogP contribution in [0.4, 0.5) is 0 Å². The average Bonchev–Trinajstić information content (AvgIpc) is 2.72. The van der Waals surface area contributed by atoms with Gasteiger partial charge in [0.15, 0.2) is 8.38 Å². The molecule has 0 unspecified atom stereocenters. The molecule has 32 heavy (non-hydrogen) atoms. The van der Waals surface area contributed by atoms with Gasteiger partial charge in [-0.05, 0) is 53.4 Å². The van der Waals surface area contributed by atoms with Gasteiger partial charge in [-0.1, -0.05) is 84.0 Å². The number of nitrogens with one attached hydrogen (secondary N) is 1. The van der Waals surface area contributed by atoms with Gasteiger partial charge in [-0.25, -0.2) is 8.42 Å². The third-order valence-corrected chi connectivity index (χ3v) is 8.59. The maximum Gasteiger partial charge on any atom is 0.241 e. The summed E-state index contributed by atoms with van der Waals surface area (Å²) in [5.41, 5.74) is 3.69. The van der Waals surface area contributed by atoms with E-state index in [4.69, 9.17) is 4.52 Å². The lowest BCUT2D eigenvalue weighted by Gasteiger charge is -2.27. The van der Waals surface area contributed by atoms with E-state index >= 15 is 0 Å². The van der Waals surface area contributed by atoms with Gasteiger partial charge in [-0.3, -0.25) is 0 Å². The second kappa shape index (κ2) is 11.7. The molecule has 0 heterocycles. The van der Waals surface area contributed by atoms with E-state index in [0.717, 1.165) is 22.3 Å². The zero-order valence-electron chi connectivity index (χ0n) is 20.3. The van der Waals surface area contributed by atoms with Crippen molar-refractivity contribution in [3.8, 4) is 0 Å². The summed E-state index contributed by atoms with van der Waals surface area (Å²) in [5.74, 6) is -0.383. The van der Waals surface area contributed by atoms with Crippen LogP contribution in [0.3, 0.4) is 0 Å². The number of rotatable bonds is 11. The number of hydrogen-bond acceptors (Lipinski definition) is 4. The molecule has 2 rings (SSSR count). The van der Waals surface area contributed by atoms with Gasteiger partial charge in [-0.2, -0.15) is 4.72 Å². The SMILES string of the molecule is CCO[P@@](O)[C@H](Cc1ccccc1)NS(=O)(=O)c1c(C(C)C)cc(C(C)C)cc1C(C)C. The van der Waals surface area contributed by atoms with Crippen molar-refractivity contribution in [2.45, 2.75) is 83.3 Å². The number of hydrogen-bond donors (Lipinski definition) is 2. The summed E-state index contributed by atoms with van der Waals surface area (Å²) in [4.78, 5) is 11.0. The second-order valence-corrected chi connectivity index (χ2v) is 12.2. The van der Waals surface area contributed by atoms with E-state index in [1.807, 2.05) is 70.2 Å². The van der Waals surface area contributed by atoms with Crippen LogP contribution < -0.4 is 4.72 Å². The van der Waals surface area contributed by atoms with E-state index in [0.29, 0.717) is 23.8 Å². The molecule has 5 nitrogen and oxygen atoms in total. The first-order valence-electron chi connectivity index (χ1n) is 11.3. The summed E-state index contributed by atoms with van der Waals surface area (Å²) in [5, 5.41) is 0. The Morgan fingerprint density at radius 1 is 0.938 bits per heavy atom. The minimum atomic E-state index is -3.91. The molecule has 0 amide bonds. The van der Waals surface area contributed by atoms with Gasteiger partial charge in [-0.15, -0.1) is 0 Å². The first kappa shape index (κ1) is 26.9. The van der Waals surface area contributed by atoms with Gasteiger partial charge < -0.3 is 9.42 Å². The van der Waals surface area contributed by atoms with Crippen LogP contribution in [0, 0.1) is 0 Å². The Labute approximate surface area is 195 Å². The smallest absolute Gasteiger partial charge is 0.241 e. The molecule has 0 saturated carbocycles. The van der Waals surface area contributed by atoms with Crippen molar-refractivity contribution < 1.29 is 17.8 Å². The molecule has 0 radical (unpaired) electrons. The molecule has 2 aromatic carbocycles. The Kier molecular flexibility index (Phi) is 9.86. The van der Waals surface area contributed by atoms with Crippen LogP contribution in [0.15, 0.2) is 47.4 Å². The third kappa shape index (κ3) is 6.85. The Morgan fingerprint density at radius 2 is 1.47 bits per heavy atom. The minimum absolute atomic E-state index is 0.0351. The van der Waals surface area contributed by atoms with Gasteiger partial charge in [0.05, 0.1) is 17.3 Å². The van der Waals surface area contributed by atoms with Crippen molar-refractivity contribution in [1.29, 1.82) is 0 Å². The fourth-order valence-electron chi connectivity index (χ4n) is 3.66. The number of sulfonamides is 1. The minimum Gasteiger partial charge on any atom is -0.349 e. The van der Waals surface area contributed by atoms with E-state index < -0.39 is 24.2 Å². The van der Waals surface area contributed by atoms with E-state index in [1.54, 1.807) is 6.92 Å². The van der Waals surface area contributed by atoms with Crippen molar-refractivity contribution in [2.24, 2.45) is 0 Å². The van der Waals surface area contributed by atoms with Crippen LogP contribution in [-0.4, -0.2) is 25.7 Å². The van der Waals surface area contributed by atoms with Crippen LogP contribution in [0.25, 0.3) is 0 Å². The lowest BCUT2D eigenvalue weighted by molar-refractivity contribution is 0.318. The topological polar surface area (TPSA) is 75.6 Å². The first-order valence-corrected chi connectivity index (χ1v) is 14.1. The molecule has 7 heteroatoms. The van der Waals surface area contributed by atoms with Gasteiger partial charge in [0.1, 0.15) is 0 Å². The van der Waals surface area contributed by atoms with Crippen LogP contribution in [0.5, 0.6) is 0 Å². The fourth-order valence-corrected chi connectivity index (χ4v) is 7.02. The zero-order valence-corrected chi connectivity index (χ0v) is 22.0. The molecule has 2 atom stereocenters. The average molecular weight is 480 g/mol. The highest BCUT2D eigenvalue weighted by atomic mass is 32.2. The Bertz CT molecular complexity index is 946. The molecule has 0 saturated heterocycles. The van der Waals surface area contributed by atoms with Crippen LogP contribution in [-0.2, 0) is 21.0 Å². The molecule has 178 valence electrons. The standard InChI is InChI=1S/C25H38NO4PS/c1-8-30-31(27)24(14-20-12-10-9-11-13-20)26-32(28,29)25-22(18(4)5)15-21(17(2)3)16-23(25)19(6)7/h9-13,15-19,24,26-27H,8,14H2,1-7H3/t24-,31-/m1/s1. The fraction of sp³-hybridized carbons (Fsp3) is 0.520. The molecule has 0 aliphatic heterocycles. The normalized spacial score (nSPS) is 14.3. The molecule has 0 aliphatic rings. The highest BCUT2D eigenvalue weighted by Crippen LogP contribution is 2.40. The zero-order chi connectivity index (χ0) is 24.1. The molecule has 2 aromatic rings. The van der Waals surface area contributed by atoms with E-state index in [-0.39, 0.29) is 11.8 Å². The predicted octanol–water partition coefficient (Wildman–Crippen LogP) is 6.24. The molecule has 2 N–H and O–H groups in total. The molecule has 0 aromatic heterocycles. The van der Waals surface area contributed by atoms with E-state index in [1.165, 1.54) is 0 Å². The maximum atomic E-state index is 13.8. The summed E-state index contributed by atoms with van der Waals surface area (Å²) < 4.78 is 35.9. The monoisotopic (exact) mass is 479 g/mol. The van der Waals surface area contributed by atoms with Crippen LogP contribution in [0.1, 0.15) is 88.5 Å². The van der Waals surface area contributed by atoms with Crippen molar-refractivity contribution in [2.75, 3.05) is 6.61 Å². The Morgan fingerprint density at radius 3 is 1.91 bits per heavy atom. The van der Waals surface area contributed by atoms with Gasteiger partial charge >= 0.3 is 0 Å². The highest BCUT2D eigenvalue weighted by Gasteiger charge is 2.32. The van der Waals surface area contributed by atoms with E-state index in [9.17, 15) is 13.3 Å². The predicted molar refractivity (Wildman–Crippen MR) is 134 cm³/mol. The van der Waals surface area contributed by atoms with Crippen molar-refractivity contribution in [3.63, 3.8) is 0 Å². The van der Waals surface area contributed by atoms with Crippen molar-refractivity contribution in [1.82, 2.24) is 4.72 Å². The van der Waals surface area contributed by atoms with E-state index in [2.05, 4.69) is 18.6 Å². The molecule has 0 fully saturated rings. The van der Waals surface area contributed by atoms with Crippen LogP contribution in [0.2, 0.25) is 0 Å². The largest absolute Gasteiger partial charge is 0.349 e. The van der Waals surface area contributed by atoms with Gasteiger partial charge in [0, 0.05) is 0 Å². The lowest BCUT2D eigenvalue weighted by Crippen LogP contribution is -2.37. The van der Waals surface area contributed by atoms with Gasteiger partial charge in [0.2, 0.25) is 10.0 Å². The summed E-state index contributed by atoms with van der Waals surface area (Å²) in [7, 11) is -5.89. The maximum absolute atomic E-state index is 13.8. The third-order valence-electron chi connectivity index (χ3n) is 5.44. The van der Waals surface area contributed by atoms with Crippen molar-refractivity contribution in [3.05, 3.63) is 64.7 Å². The van der Waals surface area contributed by atoms with Crippen molar-refractivity contribution >= 4 is 18.4 Å². The van der Waals surface area contributed by atoms with Crippen LogP contribution >= 0.6 is 8.38 Å². The highest BCUT2D eigenvalue weighted by molar-refractivity contribution is 7.90. The summed E-state index contributed by atoms with van der Waals surface area (Å²) in [6.45, 7) is 14.4. The molecular formula is C25H38NO4PS. The Balaban J connectivity index is 2.58. The van der Waals surface area contributed by atoms with Gasteiger partial charge in [0.25, 0.3) is 0 Å². The summed E-state index contributed by atoms with van der Waals surface area (Å²) >= 11 is 0. The summed E-state index contributed by atoms with van der Waals surface area (Å²) in [6, 6.07) is 13.6. The number of benzene rings is 2. The Hall–Kier alpha value is -1.30. The molecular weight excluding hydrogens is 441 g/mol.